The van der Waals surface area contributed by atoms with E-state index >= 15 is 0 Å². The van der Waals surface area contributed by atoms with Crippen LogP contribution in [-0.2, 0) is 6.54 Å². The summed E-state index contributed by atoms with van der Waals surface area (Å²) in [6.45, 7) is 2.67. The zero-order valence-corrected chi connectivity index (χ0v) is 17.2. The van der Waals surface area contributed by atoms with Crippen molar-refractivity contribution in [3.8, 4) is 5.75 Å². The molecule has 0 bridgehead atoms. The summed E-state index contributed by atoms with van der Waals surface area (Å²) in [5.74, 6) is 0.736. The van der Waals surface area contributed by atoms with Gasteiger partial charge >= 0.3 is 0 Å². The SMILES string of the molecule is CCOc1ccc(NC(=S)Nc2nn(Cc3c(F)cccc3Cl)cc2Cl)cc1. The van der Waals surface area contributed by atoms with Crippen LogP contribution < -0.4 is 15.4 Å². The average molecular weight is 439 g/mol. The molecule has 9 heteroatoms. The van der Waals surface area contributed by atoms with E-state index in [0.29, 0.717) is 33.1 Å². The minimum absolute atomic E-state index is 0.145. The van der Waals surface area contributed by atoms with Crippen LogP contribution in [0, 0.1) is 5.82 Å². The standard InChI is InChI=1S/C19H17Cl2FN4OS/c1-2-27-13-8-6-12(7-9-13)23-19(28)24-18-16(21)11-26(25-18)10-14-15(20)4-3-5-17(14)22/h3-9,11H,2,10H2,1H3,(H2,23,24,25,28). The van der Waals surface area contributed by atoms with Gasteiger partial charge in [-0.25, -0.2) is 4.39 Å². The summed E-state index contributed by atoms with van der Waals surface area (Å²) in [5.41, 5.74) is 1.12. The Balaban J connectivity index is 1.65. The maximum Gasteiger partial charge on any atom is 0.176 e. The second-order valence-electron chi connectivity index (χ2n) is 5.76. The quantitative estimate of drug-likeness (QED) is 0.491. The lowest BCUT2D eigenvalue weighted by molar-refractivity contribution is 0.340. The Labute approximate surface area is 177 Å². The molecule has 3 rings (SSSR count). The number of halogens is 3. The van der Waals surface area contributed by atoms with Gasteiger partial charge in [0.25, 0.3) is 0 Å². The minimum atomic E-state index is -0.402. The van der Waals surface area contributed by atoms with Crippen molar-refractivity contribution in [2.24, 2.45) is 0 Å². The fourth-order valence-electron chi connectivity index (χ4n) is 2.48. The molecule has 2 N–H and O–H groups in total. The van der Waals surface area contributed by atoms with Gasteiger partial charge in [-0.05, 0) is 55.5 Å². The number of ether oxygens (including phenoxy) is 1. The van der Waals surface area contributed by atoms with Gasteiger partial charge in [-0.2, -0.15) is 5.10 Å². The van der Waals surface area contributed by atoms with Crippen molar-refractivity contribution < 1.29 is 9.13 Å². The molecule has 0 spiro atoms. The first-order valence-corrected chi connectivity index (χ1v) is 9.59. The third-order valence-corrected chi connectivity index (χ3v) is 4.59. The van der Waals surface area contributed by atoms with Crippen LogP contribution in [0.2, 0.25) is 10.0 Å². The van der Waals surface area contributed by atoms with Crippen LogP contribution >= 0.6 is 35.4 Å². The summed E-state index contributed by atoms with van der Waals surface area (Å²) in [6.07, 6.45) is 1.58. The van der Waals surface area contributed by atoms with Crippen molar-refractivity contribution in [2.75, 3.05) is 17.2 Å². The first-order chi connectivity index (χ1) is 13.5. The molecule has 1 aromatic heterocycles. The summed E-state index contributed by atoms with van der Waals surface area (Å²) in [4.78, 5) is 0. The Morgan fingerprint density at radius 3 is 2.57 bits per heavy atom. The number of benzene rings is 2. The van der Waals surface area contributed by atoms with Crippen LogP contribution in [0.4, 0.5) is 15.9 Å². The van der Waals surface area contributed by atoms with Crippen molar-refractivity contribution in [1.82, 2.24) is 9.78 Å². The number of nitrogens with zero attached hydrogens (tertiary/aromatic N) is 2. The maximum atomic E-state index is 14.0. The first kappa shape index (κ1) is 20.4. The molecule has 0 radical (unpaired) electrons. The van der Waals surface area contributed by atoms with Crippen LogP contribution in [0.3, 0.4) is 0 Å². The predicted octanol–water partition coefficient (Wildman–Crippen LogP) is 5.58. The molecule has 0 saturated carbocycles. The van der Waals surface area contributed by atoms with Gasteiger partial charge in [-0.3, -0.25) is 4.68 Å². The molecule has 3 aromatic rings. The van der Waals surface area contributed by atoms with E-state index in [1.165, 1.54) is 10.7 Å². The van der Waals surface area contributed by atoms with Crippen molar-refractivity contribution >= 4 is 52.0 Å². The summed E-state index contributed by atoms with van der Waals surface area (Å²) < 4.78 is 20.9. The highest BCUT2D eigenvalue weighted by Gasteiger charge is 2.12. The highest BCUT2D eigenvalue weighted by molar-refractivity contribution is 7.80. The third-order valence-electron chi connectivity index (χ3n) is 3.75. The minimum Gasteiger partial charge on any atom is -0.494 e. The lowest BCUT2D eigenvalue weighted by Crippen LogP contribution is -2.19. The molecule has 0 amide bonds. The number of thiocarbonyl (C=S) groups is 1. The molecule has 146 valence electrons. The molecule has 0 unspecified atom stereocenters. The molecule has 0 aliphatic carbocycles. The monoisotopic (exact) mass is 438 g/mol. The van der Waals surface area contributed by atoms with Crippen molar-refractivity contribution in [3.63, 3.8) is 0 Å². The van der Waals surface area contributed by atoms with Crippen LogP contribution in [0.1, 0.15) is 12.5 Å². The van der Waals surface area contributed by atoms with Gasteiger partial charge in [0.05, 0.1) is 13.2 Å². The van der Waals surface area contributed by atoms with Gasteiger partial charge in [0, 0.05) is 22.5 Å². The van der Waals surface area contributed by atoms with Gasteiger partial charge in [0.2, 0.25) is 0 Å². The van der Waals surface area contributed by atoms with E-state index < -0.39 is 5.82 Å². The van der Waals surface area contributed by atoms with E-state index in [9.17, 15) is 4.39 Å². The Morgan fingerprint density at radius 2 is 1.89 bits per heavy atom. The fraction of sp³-hybridized carbons (Fsp3) is 0.158. The normalized spacial score (nSPS) is 10.6. The number of anilines is 2. The Kier molecular flexibility index (Phi) is 6.72. The van der Waals surface area contributed by atoms with Crippen LogP contribution in [-0.4, -0.2) is 21.5 Å². The van der Waals surface area contributed by atoms with Crippen LogP contribution in [0.25, 0.3) is 0 Å². The summed E-state index contributed by atoms with van der Waals surface area (Å²) in [5, 5.41) is 11.3. The van der Waals surface area contributed by atoms with Gasteiger partial charge in [0.15, 0.2) is 10.9 Å². The average Bonchev–Trinajstić information content (AvgIpc) is 2.99. The fourth-order valence-corrected chi connectivity index (χ4v) is 3.11. The predicted molar refractivity (Wildman–Crippen MR) is 115 cm³/mol. The molecule has 0 atom stereocenters. The molecular formula is C19H17Cl2FN4OS. The van der Waals surface area contributed by atoms with Crippen LogP contribution in [0.5, 0.6) is 5.75 Å². The first-order valence-electron chi connectivity index (χ1n) is 8.43. The van der Waals surface area contributed by atoms with E-state index in [-0.39, 0.29) is 6.54 Å². The van der Waals surface area contributed by atoms with Gasteiger partial charge in [-0.1, -0.05) is 29.3 Å². The van der Waals surface area contributed by atoms with E-state index in [1.807, 2.05) is 31.2 Å². The molecule has 5 nitrogen and oxygen atoms in total. The van der Waals surface area contributed by atoms with Gasteiger partial charge in [0.1, 0.15) is 16.6 Å². The molecule has 1 heterocycles. The van der Waals surface area contributed by atoms with E-state index in [1.54, 1.807) is 18.3 Å². The molecule has 28 heavy (non-hydrogen) atoms. The molecule has 0 saturated heterocycles. The Bertz CT molecular complexity index is 958. The maximum absolute atomic E-state index is 14.0. The number of aromatic nitrogens is 2. The second kappa shape index (κ2) is 9.23. The highest BCUT2D eigenvalue weighted by atomic mass is 35.5. The topological polar surface area (TPSA) is 51.1 Å². The van der Waals surface area contributed by atoms with E-state index in [2.05, 4.69) is 15.7 Å². The zero-order valence-electron chi connectivity index (χ0n) is 14.9. The lowest BCUT2D eigenvalue weighted by atomic mass is 10.2. The molecule has 0 aliphatic heterocycles. The second-order valence-corrected chi connectivity index (χ2v) is 6.98. The van der Waals surface area contributed by atoms with E-state index in [0.717, 1.165) is 11.4 Å². The summed E-state index contributed by atoms with van der Waals surface area (Å²) >= 11 is 17.6. The van der Waals surface area contributed by atoms with Crippen molar-refractivity contribution in [3.05, 3.63) is 70.1 Å². The summed E-state index contributed by atoms with van der Waals surface area (Å²) in [6, 6.07) is 11.9. The van der Waals surface area contributed by atoms with Gasteiger partial charge in [-0.15, -0.1) is 0 Å². The van der Waals surface area contributed by atoms with E-state index in [4.69, 9.17) is 40.2 Å². The highest BCUT2D eigenvalue weighted by Crippen LogP contribution is 2.24. The lowest BCUT2D eigenvalue weighted by Gasteiger charge is -2.10. The van der Waals surface area contributed by atoms with Crippen LogP contribution in [0.15, 0.2) is 48.7 Å². The number of rotatable bonds is 6. The Morgan fingerprint density at radius 1 is 1.14 bits per heavy atom. The molecule has 2 aromatic carbocycles. The number of hydrogen-bond donors (Lipinski definition) is 2. The largest absolute Gasteiger partial charge is 0.494 e. The zero-order chi connectivity index (χ0) is 20.1. The molecule has 0 aliphatic rings. The third kappa shape index (κ3) is 5.13. The molecule has 0 fully saturated rings. The van der Waals surface area contributed by atoms with Crippen molar-refractivity contribution in [2.45, 2.75) is 13.5 Å². The summed E-state index contributed by atoms with van der Waals surface area (Å²) in [7, 11) is 0. The van der Waals surface area contributed by atoms with Crippen molar-refractivity contribution in [1.29, 1.82) is 0 Å². The Hall–Kier alpha value is -2.35. The number of nitrogens with one attached hydrogen (secondary N) is 2. The van der Waals surface area contributed by atoms with Gasteiger partial charge < -0.3 is 15.4 Å². The number of hydrogen-bond acceptors (Lipinski definition) is 3. The smallest absolute Gasteiger partial charge is 0.176 e. The molecular weight excluding hydrogens is 422 g/mol.